The summed E-state index contributed by atoms with van der Waals surface area (Å²) in [5.74, 6) is -0.343. The van der Waals surface area contributed by atoms with Crippen LogP contribution in [-0.4, -0.2) is 42.3 Å². The number of hydrogen-bond acceptors (Lipinski definition) is 4. The van der Waals surface area contributed by atoms with Crippen molar-refractivity contribution in [2.75, 3.05) is 13.2 Å². The molecule has 0 radical (unpaired) electrons. The minimum Gasteiger partial charge on any atom is -0.353 e. The van der Waals surface area contributed by atoms with E-state index >= 15 is 0 Å². The highest BCUT2D eigenvalue weighted by molar-refractivity contribution is 6.21. The minimum atomic E-state index is -0.172. The van der Waals surface area contributed by atoms with E-state index < -0.39 is 0 Å². The molecule has 2 unspecified atom stereocenters. The van der Waals surface area contributed by atoms with E-state index in [0.717, 1.165) is 51.6 Å². The Kier molecular flexibility index (Phi) is 7.41. The molecule has 0 spiro atoms. The quantitative estimate of drug-likeness (QED) is 0.446. The Hall–Kier alpha value is -1.72. The Labute approximate surface area is 162 Å². The second-order valence-electron chi connectivity index (χ2n) is 7.50. The second-order valence-corrected chi connectivity index (χ2v) is 7.50. The molecule has 2 aliphatic heterocycles. The van der Waals surface area contributed by atoms with Gasteiger partial charge < -0.3 is 9.47 Å². The predicted molar refractivity (Wildman–Crippen MR) is 104 cm³/mol. The lowest BCUT2D eigenvalue weighted by atomic mass is 10.1. The first-order chi connectivity index (χ1) is 13.2. The van der Waals surface area contributed by atoms with Gasteiger partial charge in [0.2, 0.25) is 0 Å². The molecule has 3 rings (SSSR count). The number of hydrogen-bond donors (Lipinski definition) is 0. The van der Waals surface area contributed by atoms with Crippen LogP contribution in [0.2, 0.25) is 0 Å². The zero-order valence-electron chi connectivity index (χ0n) is 16.3. The van der Waals surface area contributed by atoms with Crippen LogP contribution in [0.15, 0.2) is 24.3 Å². The van der Waals surface area contributed by atoms with Crippen LogP contribution in [0.5, 0.6) is 0 Å². The highest BCUT2D eigenvalue weighted by atomic mass is 16.7. The van der Waals surface area contributed by atoms with Crippen molar-refractivity contribution in [3.05, 3.63) is 35.4 Å². The van der Waals surface area contributed by atoms with Crippen molar-refractivity contribution < 1.29 is 19.1 Å². The van der Waals surface area contributed by atoms with Crippen LogP contribution in [0.25, 0.3) is 0 Å². The minimum absolute atomic E-state index is 0.0929. The lowest BCUT2D eigenvalue weighted by Gasteiger charge is -2.28. The van der Waals surface area contributed by atoms with Gasteiger partial charge in [-0.3, -0.25) is 14.5 Å². The van der Waals surface area contributed by atoms with Crippen molar-refractivity contribution in [2.45, 2.75) is 77.1 Å². The van der Waals surface area contributed by atoms with Crippen LogP contribution in [0.4, 0.5) is 0 Å². The molecule has 27 heavy (non-hydrogen) atoms. The van der Waals surface area contributed by atoms with Gasteiger partial charge in [-0.25, -0.2) is 0 Å². The maximum absolute atomic E-state index is 12.5. The van der Waals surface area contributed by atoms with E-state index in [-0.39, 0.29) is 24.2 Å². The summed E-state index contributed by atoms with van der Waals surface area (Å²) in [6.07, 6.45) is 9.40. The highest BCUT2D eigenvalue weighted by Crippen LogP contribution is 2.24. The number of carbonyl (C=O) groups excluding carboxylic acids is 2. The van der Waals surface area contributed by atoms with Crippen molar-refractivity contribution in [1.82, 2.24) is 4.90 Å². The van der Waals surface area contributed by atoms with Crippen LogP contribution in [0.1, 0.15) is 85.4 Å². The van der Waals surface area contributed by atoms with E-state index in [9.17, 15) is 9.59 Å². The van der Waals surface area contributed by atoms with Crippen molar-refractivity contribution in [2.24, 2.45) is 0 Å². The fourth-order valence-corrected chi connectivity index (χ4v) is 3.85. The molecule has 1 fully saturated rings. The molecule has 5 heteroatoms. The number of imide groups is 1. The van der Waals surface area contributed by atoms with E-state index in [0.29, 0.717) is 17.7 Å². The molecule has 0 aliphatic carbocycles. The average Bonchev–Trinajstić information content (AvgIpc) is 2.94. The molecule has 1 saturated heterocycles. The first kappa shape index (κ1) is 20.0. The van der Waals surface area contributed by atoms with Gasteiger partial charge in [0.15, 0.2) is 6.29 Å². The zero-order valence-corrected chi connectivity index (χ0v) is 16.3. The Morgan fingerprint density at radius 3 is 2.41 bits per heavy atom. The van der Waals surface area contributed by atoms with Gasteiger partial charge in [-0.15, -0.1) is 0 Å². The standard InChI is InChI=1S/C22H31NO4/c1-2-3-4-10-17(27-20-14-7-8-16-26-20)11-9-15-23-21(24)18-12-5-6-13-19(18)22(23)25/h5-6,12-13,17,20H,2-4,7-11,14-16H2,1H3. The van der Waals surface area contributed by atoms with Crippen LogP contribution in [-0.2, 0) is 9.47 Å². The third-order valence-corrected chi connectivity index (χ3v) is 5.40. The third kappa shape index (κ3) is 5.17. The summed E-state index contributed by atoms with van der Waals surface area (Å²) in [6.45, 7) is 3.43. The van der Waals surface area contributed by atoms with Crippen molar-refractivity contribution in [1.29, 1.82) is 0 Å². The topological polar surface area (TPSA) is 55.8 Å². The number of unbranched alkanes of at least 4 members (excludes halogenated alkanes) is 2. The Morgan fingerprint density at radius 1 is 1.07 bits per heavy atom. The van der Waals surface area contributed by atoms with Gasteiger partial charge in [-0.2, -0.15) is 0 Å². The molecule has 2 heterocycles. The number of benzene rings is 1. The van der Waals surface area contributed by atoms with E-state index in [4.69, 9.17) is 9.47 Å². The van der Waals surface area contributed by atoms with E-state index in [1.165, 1.54) is 17.7 Å². The molecule has 0 N–H and O–H groups in total. The smallest absolute Gasteiger partial charge is 0.261 e. The van der Waals surface area contributed by atoms with Gasteiger partial charge in [0.05, 0.1) is 17.2 Å². The van der Waals surface area contributed by atoms with Crippen LogP contribution in [0.3, 0.4) is 0 Å². The molecule has 2 atom stereocenters. The molecule has 0 aromatic heterocycles. The average molecular weight is 373 g/mol. The van der Waals surface area contributed by atoms with Gasteiger partial charge in [0.25, 0.3) is 11.8 Å². The summed E-state index contributed by atoms with van der Waals surface area (Å²) in [5.41, 5.74) is 1.04. The summed E-state index contributed by atoms with van der Waals surface area (Å²) in [6, 6.07) is 7.06. The molecular formula is C22H31NO4. The number of amides is 2. The van der Waals surface area contributed by atoms with E-state index in [2.05, 4.69) is 6.92 Å². The molecule has 1 aromatic carbocycles. The number of ether oxygens (including phenoxy) is 2. The zero-order chi connectivity index (χ0) is 19.1. The first-order valence-corrected chi connectivity index (χ1v) is 10.4. The van der Waals surface area contributed by atoms with E-state index in [1.807, 2.05) is 0 Å². The third-order valence-electron chi connectivity index (χ3n) is 5.40. The fourth-order valence-electron chi connectivity index (χ4n) is 3.85. The Balaban J connectivity index is 1.50. The van der Waals surface area contributed by atoms with Crippen molar-refractivity contribution in [3.8, 4) is 0 Å². The van der Waals surface area contributed by atoms with E-state index in [1.54, 1.807) is 24.3 Å². The summed E-state index contributed by atoms with van der Waals surface area (Å²) in [7, 11) is 0. The molecule has 0 saturated carbocycles. The highest BCUT2D eigenvalue weighted by Gasteiger charge is 2.34. The Morgan fingerprint density at radius 2 is 1.78 bits per heavy atom. The maximum Gasteiger partial charge on any atom is 0.261 e. The van der Waals surface area contributed by atoms with Gasteiger partial charge >= 0.3 is 0 Å². The van der Waals surface area contributed by atoms with Crippen molar-refractivity contribution in [3.63, 3.8) is 0 Å². The number of nitrogens with zero attached hydrogens (tertiary/aromatic N) is 1. The second kappa shape index (κ2) is 10.00. The SMILES string of the molecule is CCCCCC(CCCN1C(=O)c2ccccc2C1=O)OC1CCCCO1. The maximum atomic E-state index is 12.5. The molecule has 2 aliphatic rings. The number of carbonyl (C=O) groups is 2. The fraction of sp³-hybridized carbons (Fsp3) is 0.636. The predicted octanol–water partition coefficient (Wildman–Crippen LogP) is 4.55. The van der Waals surface area contributed by atoms with Gasteiger partial charge in [0.1, 0.15) is 0 Å². The van der Waals surface area contributed by atoms with Gasteiger partial charge in [-0.05, 0) is 50.7 Å². The number of fused-ring (bicyclic) bond motifs is 1. The molecule has 148 valence electrons. The van der Waals surface area contributed by atoms with Crippen molar-refractivity contribution >= 4 is 11.8 Å². The summed E-state index contributed by atoms with van der Waals surface area (Å²) >= 11 is 0. The number of rotatable bonds is 10. The Bertz CT molecular complexity index is 604. The molecule has 0 bridgehead atoms. The summed E-state index contributed by atoms with van der Waals surface area (Å²) in [5, 5.41) is 0. The lowest BCUT2D eigenvalue weighted by Crippen LogP contribution is -2.32. The lowest BCUT2D eigenvalue weighted by molar-refractivity contribution is -0.190. The summed E-state index contributed by atoms with van der Waals surface area (Å²) in [4.78, 5) is 26.3. The largest absolute Gasteiger partial charge is 0.353 e. The normalized spacial score (nSPS) is 20.8. The van der Waals surface area contributed by atoms with Gasteiger partial charge in [0, 0.05) is 13.2 Å². The van der Waals surface area contributed by atoms with Crippen LogP contribution >= 0.6 is 0 Å². The van der Waals surface area contributed by atoms with Crippen LogP contribution < -0.4 is 0 Å². The van der Waals surface area contributed by atoms with Crippen LogP contribution in [0, 0.1) is 0 Å². The molecule has 1 aromatic rings. The molecule has 5 nitrogen and oxygen atoms in total. The first-order valence-electron chi connectivity index (χ1n) is 10.4. The summed E-state index contributed by atoms with van der Waals surface area (Å²) < 4.78 is 11.9. The molecule has 2 amide bonds. The van der Waals surface area contributed by atoms with Gasteiger partial charge in [-0.1, -0.05) is 38.3 Å². The monoisotopic (exact) mass is 373 g/mol. The molecular weight excluding hydrogens is 342 g/mol.